The molecule has 1 aromatic rings. The first-order chi connectivity index (χ1) is 9.01. The number of rotatable bonds is 7. The van der Waals surface area contributed by atoms with Crippen molar-refractivity contribution in [2.75, 3.05) is 26.9 Å². The predicted molar refractivity (Wildman–Crippen MR) is 64.4 cm³/mol. The molecule has 0 saturated heterocycles. The highest BCUT2D eigenvalue weighted by molar-refractivity contribution is 4.89. The summed E-state index contributed by atoms with van der Waals surface area (Å²) in [5, 5.41) is 8.60. The number of H-pyrrole nitrogens is 1. The van der Waals surface area contributed by atoms with Gasteiger partial charge in [0.2, 0.25) is 5.82 Å². The van der Waals surface area contributed by atoms with E-state index in [1.54, 1.807) is 6.92 Å². The molecule has 0 radical (unpaired) electrons. The second-order valence-electron chi connectivity index (χ2n) is 4.05. The van der Waals surface area contributed by atoms with Crippen molar-refractivity contribution in [3.05, 3.63) is 32.9 Å². The van der Waals surface area contributed by atoms with Gasteiger partial charge in [0, 0.05) is 13.0 Å². The van der Waals surface area contributed by atoms with E-state index in [1.165, 1.54) is 7.11 Å². The molecular weight excluding hydrogens is 259 g/mol. The van der Waals surface area contributed by atoms with Crippen LogP contribution in [0.4, 0.5) is 4.39 Å². The maximum atomic E-state index is 13.2. The maximum Gasteiger partial charge on any atom is 0.330 e. The standard InChI is InChI=1S/C11H17FN2O5/c1-7(6-19-4-3-15)10(18-2)14-5-8(12)9(16)13-11(14)17/h5,7,10,15H,3-4,6H2,1-2H3,(H,13,16,17). The SMILES string of the molecule is COC(C(C)COCCO)n1cc(F)c(=O)[nH]c1=O. The van der Waals surface area contributed by atoms with Gasteiger partial charge in [-0.15, -0.1) is 0 Å². The molecule has 0 aliphatic heterocycles. The molecule has 0 amide bonds. The minimum Gasteiger partial charge on any atom is -0.394 e. The van der Waals surface area contributed by atoms with Gasteiger partial charge in [0.25, 0.3) is 5.56 Å². The second-order valence-corrected chi connectivity index (χ2v) is 4.05. The molecule has 0 saturated carbocycles. The molecule has 1 rings (SSSR count). The molecule has 108 valence electrons. The fraction of sp³-hybridized carbons (Fsp3) is 0.636. The Morgan fingerprint density at radius 3 is 2.79 bits per heavy atom. The molecule has 0 fully saturated rings. The third-order valence-electron chi connectivity index (χ3n) is 2.54. The Kier molecular flexibility index (Phi) is 5.87. The number of ether oxygens (including phenoxy) is 2. The van der Waals surface area contributed by atoms with Crippen LogP contribution in [0.2, 0.25) is 0 Å². The Hall–Kier alpha value is -1.51. The van der Waals surface area contributed by atoms with Gasteiger partial charge in [-0.3, -0.25) is 14.3 Å². The number of methoxy groups -OCH3 is 1. The molecule has 0 aliphatic carbocycles. The highest BCUT2D eigenvalue weighted by Crippen LogP contribution is 2.17. The van der Waals surface area contributed by atoms with Crippen LogP contribution in [0.15, 0.2) is 15.8 Å². The molecule has 7 nitrogen and oxygen atoms in total. The molecular formula is C11H17FN2O5. The summed E-state index contributed by atoms with van der Waals surface area (Å²) in [5.41, 5.74) is -1.83. The zero-order valence-corrected chi connectivity index (χ0v) is 10.8. The maximum absolute atomic E-state index is 13.2. The number of nitrogens with zero attached hydrogens (tertiary/aromatic N) is 1. The van der Waals surface area contributed by atoms with E-state index >= 15 is 0 Å². The highest BCUT2D eigenvalue weighted by atomic mass is 19.1. The highest BCUT2D eigenvalue weighted by Gasteiger charge is 2.21. The van der Waals surface area contributed by atoms with E-state index in [9.17, 15) is 14.0 Å². The Balaban J connectivity index is 2.93. The van der Waals surface area contributed by atoms with Gasteiger partial charge >= 0.3 is 5.69 Å². The summed E-state index contributed by atoms with van der Waals surface area (Å²) >= 11 is 0. The Morgan fingerprint density at radius 2 is 2.21 bits per heavy atom. The average molecular weight is 276 g/mol. The van der Waals surface area contributed by atoms with E-state index in [-0.39, 0.29) is 25.7 Å². The van der Waals surface area contributed by atoms with Gasteiger partial charge in [-0.2, -0.15) is 4.39 Å². The fourth-order valence-electron chi connectivity index (χ4n) is 1.69. The Labute approximate surface area is 108 Å². The van der Waals surface area contributed by atoms with E-state index in [0.29, 0.717) is 0 Å². The van der Waals surface area contributed by atoms with Crippen LogP contribution in [0.5, 0.6) is 0 Å². The minimum atomic E-state index is -1.07. The minimum absolute atomic E-state index is 0.113. The molecule has 1 aromatic heterocycles. The molecule has 19 heavy (non-hydrogen) atoms. The van der Waals surface area contributed by atoms with Crippen molar-refractivity contribution in [1.29, 1.82) is 0 Å². The molecule has 1 heterocycles. The number of nitrogens with one attached hydrogen (secondary N) is 1. The van der Waals surface area contributed by atoms with Gasteiger partial charge in [0.1, 0.15) is 6.23 Å². The van der Waals surface area contributed by atoms with E-state index in [2.05, 4.69) is 0 Å². The van der Waals surface area contributed by atoms with Crippen LogP contribution in [-0.4, -0.2) is 41.6 Å². The van der Waals surface area contributed by atoms with Crippen LogP contribution < -0.4 is 11.2 Å². The lowest BCUT2D eigenvalue weighted by Gasteiger charge is -2.24. The van der Waals surface area contributed by atoms with E-state index in [0.717, 1.165) is 10.8 Å². The molecule has 0 aliphatic rings. The monoisotopic (exact) mass is 276 g/mol. The second kappa shape index (κ2) is 7.17. The number of halogens is 1. The molecule has 2 atom stereocenters. The van der Waals surface area contributed by atoms with Crippen LogP contribution in [-0.2, 0) is 9.47 Å². The van der Waals surface area contributed by atoms with Crippen LogP contribution >= 0.6 is 0 Å². The van der Waals surface area contributed by atoms with Crippen molar-refractivity contribution < 1.29 is 19.0 Å². The van der Waals surface area contributed by atoms with Crippen molar-refractivity contribution in [2.24, 2.45) is 5.92 Å². The number of hydrogen-bond acceptors (Lipinski definition) is 5. The number of aromatic nitrogens is 2. The lowest BCUT2D eigenvalue weighted by Crippen LogP contribution is -2.37. The van der Waals surface area contributed by atoms with E-state index in [1.807, 2.05) is 4.98 Å². The van der Waals surface area contributed by atoms with Crippen molar-refractivity contribution in [3.8, 4) is 0 Å². The zero-order chi connectivity index (χ0) is 14.4. The van der Waals surface area contributed by atoms with Gasteiger partial charge in [0.15, 0.2) is 0 Å². The molecule has 8 heteroatoms. The summed E-state index contributed by atoms with van der Waals surface area (Å²) in [6.07, 6.45) is 0.0234. The third kappa shape index (κ3) is 3.98. The largest absolute Gasteiger partial charge is 0.394 e. The third-order valence-corrected chi connectivity index (χ3v) is 2.54. The van der Waals surface area contributed by atoms with E-state index < -0.39 is 23.3 Å². The molecule has 2 N–H and O–H groups in total. The van der Waals surface area contributed by atoms with Crippen LogP contribution in [0, 0.1) is 11.7 Å². The van der Waals surface area contributed by atoms with E-state index in [4.69, 9.17) is 14.6 Å². The Morgan fingerprint density at radius 1 is 1.53 bits per heavy atom. The predicted octanol–water partition coefficient (Wildman–Crippen LogP) is -0.534. The summed E-state index contributed by atoms with van der Waals surface area (Å²) in [6.45, 7) is 2.00. The van der Waals surface area contributed by atoms with Crippen LogP contribution in [0.3, 0.4) is 0 Å². The first-order valence-corrected chi connectivity index (χ1v) is 5.73. The van der Waals surface area contributed by atoms with Crippen LogP contribution in [0.25, 0.3) is 0 Å². The Bertz CT molecular complexity index is 513. The van der Waals surface area contributed by atoms with Gasteiger partial charge in [-0.1, -0.05) is 6.92 Å². The summed E-state index contributed by atoms with van der Waals surface area (Å²) in [6, 6.07) is 0. The van der Waals surface area contributed by atoms with Crippen molar-refractivity contribution in [3.63, 3.8) is 0 Å². The normalized spacial score (nSPS) is 14.3. The summed E-state index contributed by atoms with van der Waals surface area (Å²) in [4.78, 5) is 24.4. The van der Waals surface area contributed by atoms with Gasteiger partial charge < -0.3 is 14.6 Å². The summed E-state index contributed by atoms with van der Waals surface area (Å²) in [5.74, 6) is -1.34. The number of aliphatic hydroxyl groups is 1. The number of aliphatic hydroxyl groups excluding tert-OH is 1. The van der Waals surface area contributed by atoms with Crippen molar-refractivity contribution >= 4 is 0 Å². The lowest BCUT2D eigenvalue weighted by molar-refractivity contribution is -0.0412. The first kappa shape index (κ1) is 15.5. The van der Waals surface area contributed by atoms with Gasteiger partial charge in [-0.25, -0.2) is 4.79 Å². The summed E-state index contributed by atoms with van der Waals surface area (Å²) in [7, 11) is 1.36. The zero-order valence-electron chi connectivity index (χ0n) is 10.8. The van der Waals surface area contributed by atoms with Crippen molar-refractivity contribution in [1.82, 2.24) is 9.55 Å². The molecule has 0 aromatic carbocycles. The summed E-state index contributed by atoms with van der Waals surface area (Å²) < 4.78 is 24.4. The molecule has 0 spiro atoms. The van der Waals surface area contributed by atoms with Gasteiger partial charge in [-0.05, 0) is 0 Å². The fourth-order valence-corrected chi connectivity index (χ4v) is 1.69. The first-order valence-electron chi connectivity index (χ1n) is 5.73. The molecule has 2 unspecified atom stereocenters. The van der Waals surface area contributed by atoms with Crippen molar-refractivity contribution in [2.45, 2.75) is 13.2 Å². The topological polar surface area (TPSA) is 93.5 Å². The van der Waals surface area contributed by atoms with Crippen LogP contribution in [0.1, 0.15) is 13.2 Å². The number of hydrogen-bond donors (Lipinski definition) is 2. The molecule has 0 bridgehead atoms. The lowest BCUT2D eigenvalue weighted by atomic mass is 10.1. The van der Waals surface area contributed by atoms with Gasteiger partial charge in [0.05, 0.1) is 26.0 Å². The number of aromatic amines is 1. The average Bonchev–Trinajstić information content (AvgIpc) is 2.36. The smallest absolute Gasteiger partial charge is 0.330 e. The quantitative estimate of drug-likeness (QED) is 0.653.